The highest BCUT2D eigenvalue weighted by molar-refractivity contribution is 6.22. The van der Waals surface area contributed by atoms with Crippen molar-refractivity contribution in [2.75, 3.05) is 4.90 Å². The van der Waals surface area contributed by atoms with Crippen LogP contribution in [0.5, 0.6) is 0 Å². The number of amides is 2. The lowest BCUT2D eigenvalue weighted by Gasteiger charge is -2.28. The van der Waals surface area contributed by atoms with Gasteiger partial charge < -0.3 is 5.11 Å². The number of anilines is 1. The van der Waals surface area contributed by atoms with Gasteiger partial charge in [-0.1, -0.05) is 30.3 Å². The molecule has 1 heterocycles. The van der Waals surface area contributed by atoms with Crippen LogP contribution in [0.15, 0.2) is 54.6 Å². The summed E-state index contributed by atoms with van der Waals surface area (Å²) in [6.45, 7) is 0. The number of aromatic carboxylic acids is 1. The Kier molecular flexibility index (Phi) is 3.47. The molecular weight excluding hydrogens is 342 g/mol. The van der Waals surface area contributed by atoms with Crippen LogP contribution in [0.2, 0.25) is 0 Å². The molecular formula is C22H19NO4. The van der Waals surface area contributed by atoms with E-state index >= 15 is 0 Å². The van der Waals surface area contributed by atoms with Crippen molar-refractivity contribution in [3.05, 3.63) is 65.7 Å². The Labute approximate surface area is 156 Å². The summed E-state index contributed by atoms with van der Waals surface area (Å²) in [6, 6.07) is 16.3. The lowest BCUT2D eigenvalue weighted by Crippen LogP contribution is -2.33. The fourth-order valence-corrected chi connectivity index (χ4v) is 5.55. The van der Waals surface area contributed by atoms with Gasteiger partial charge in [0.05, 0.1) is 23.1 Å². The second-order valence-corrected chi connectivity index (χ2v) is 7.83. The molecule has 3 fully saturated rings. The fourth-order valence-electron chi connectivity index (χ4n) is 5.55. The molecule has 2 bridgehead atoms. The largest absolute Gasteiger partial charge is 0.478 e. The molecule has 5 heteroatoms. The molecule has 1 N–H and O–H groups in total. The number of imide groups is 1. The molecule has 5 atom stereocenters. The highest BCUT2D eigenvalue weighted by Crippen LogP contribution is 2.61. The molecule has 3 aliphatic rings. The smallest absolute Gasteiger partial charge is 0.335 e. The highest BCUT2D eigenvalue weighted by Gasteiger charge is 2.64. The molecule has 5 rings (SSSR count). The summed E-state index contributed by atoms with van der Waals surface area (Å²) in [5.41, 5.74) is 1.87. The van der Waals surface area contributed by atoms with Crippen LogP contribution in [0.1, 0.15) is 34.7 Å². The van der Waals surface area contributed by atoms with Gasteiger partial charge in [-0.2, -0.15) is 0 Å². The zero-order valence-electron chi connectivity index (χ0n) is 14.6. The van der Waals surface area contributed by atoms with E-state index in [-0.39, 0.29) is 41.0 Å². The van der Waals surface area contributed by atoms with Gasteiger partial charge in [-0.05, 0) is 60.4 Å². The molecule has 2 saturated carbocycles. The summed E-state index contributed by atoms with van der Waals surface area (Å²) in [7, 11) is 0. The molecule has 1 aliphatic heterocycles. The Bertz CT molecular complexity index is 937. The van der Waals surface area contributed by atoms with Gasteiger partial charge in [0, 0.05) is 0 Å². The van der Waals surface area contributed by atoms with Gasteiger partial charge in [-0.15, -0.1) is 0 Å². The predicted molar refractivity (Wildman–Crippen MR) is 98.3 cm³/mol. The maximum Gasteiger partial charge on any atom is 0.335 e. The summed E-state index contributed by atoms with van der Waals surface area (Å²) in [6.07, 6.45) is 1.90. The lowest BCUT2D eigenvalue weighted by atomic mass is 9.73. The number of nitrogens with zero attached hydrogens (tertiary/aromatic N) is 1. The topological polar surface area (TPSA) is 74.7 Å². The van der Waals surface area contributed by atoms with Gasteiger partial charge in [0.2, 0.25) is 11.8 Å². The van der Waals surface area contributed by atoms with Gasteiger partial charge in [-0.3, -0.25) is 14.5 Å². The van der Waals surface area contributed by atoms with Crippen LogP contribution >= 0.6 is 0 Å². The molecule has 27 heavy (non-hydrogen) atoms. The fraction of sp³-hybridized carbons (Fsp3) is 0.318. The van der Waals surface area contributed by atoms with Crippen LogP contribution < -0.4 is 4.90 Å². The van der Waals surface area contributed by atoms with E-state index in [0.29, 0.717) is 11.6 Å². The molecule has 0 radical (unpaired) electrons. The number of carboxylic acid groups (broad SMARTS) is 1. The van der Waals surface area contributed by atoms with Gasteiger partial charge in [0.15, 0.2) is 0 Å². The SMILES string of the molecule is O=C(O)c1ccc(N2C(=O)[C@@H]3[C@@H]4C[C@@H]([C@H]3C2=O)[C@@H](c2ccccc2)C4)cc1. The van der Waals surface area contributed by atoms with E-state index in [9.17, 15) is 14.4 Å². The zero-order valence-corrected chi connectivity index (χ0v) is 14.6. The number of rotatable bonds is 3. The van der Waals surface area contributed by atoms with Crippen LogP contribution in [-0.4, -0.2) is 22.9 Å². The van der Waals surface area contributed by atoms with E-state index in [1.807, 2.05) is 18.2 Å². The second kappa shape index (κ2) is 5.78. The van der Waals surface area contributed by atoms with Crippen LogP contribution in [0.3, 0.4) is 0 Å². The first-order valence-corrected chi connectivity index (χ1v) is 9.32. The predicted octanol–water partition coefficient (Wildman–Crippen LogP) is 3.31. The van der Waals surface area contributed by atoms with Gasteiger partial charge in [0.25, 0.3) is 0 Å². The minimum absolute atomic E-state index is 0.118. The van der Waals surface area contributed by atoms with Crippen molar-refractivity contribution >= 4 is 23.5 Å². The summed E-state index contributed by atoms with van der Waals surface area (Å²) in [5, 5.41) is 9.04. The van der Waals surface area contributed by atoms with Crippen LogP contribution in [-0.2, 0) is 9.59 Å². The molecule has 2 aromatic carbocycles. The summed E-state index contributed by atoms with van der Waals surface area (Å²) in [5.74, 6) is -0.938. The van der Waals surface area contributed by atoms with E-state index in [1.165, 1.54) is 22.6 Å². The minimum Gasteiger partial charge on any atom is -0.478 e. The molecule has 0 unspecified atom stereocenters. The van der Waals surface area contributed by atoms with Gasteiger partial charge in [0.1, 0.15) is 0 Å². The number of carbonyl (C=O) groups is 3. The third-order valence-electron chi connectivity index (χ3n) is 6.62. The normalized spacial score (nSPS) is 31.4. The number of hydrogen-bond acceptors (Lipinski definition) is 3. The zero-order chi connectivity index (χ0) is 18.7. The van der Waals surface area contributed by atoms with E-state index in [4.69, 9.17) is 5.11 Å². The molecule has 2 aromatic rings. The average Bonchev–Trinajstić information content (AvgIpc) is 3.34. The highest BCUT2D eigenvalue weighted by atomic mass is 16.4. The Hall–Kier alpha value is -2.95. The summed E-state index contributed by atoms with van der Waals surface area (Å²) in [4.78, 5) is 38.5. The standard InChI is InChI=1S/C22H19NO4/c24-20-18-14-10-16(12-4-2-1-3-5-12)17(11-14)19(18)21(25)23(20)15-8-6-13(7-9-15)22(26)27/h1-9,14,16-19H,10-11H2,(H,26,27)/t14-,16+,17+,18+,19+/m0/s1. The van der Waals surface area contributed by atoms with E-state index in [2.05, 4.69) is 12.1 Å². The number of carbonyl (C=O) groups excluding carboxylic acids is 2. The molecule has 5 nitrogen and oxygen atoms in total. The van der Waals surface area contributed by atoms with E-state index in [0.717, 1.165) is 12.8 Å². The van der Waals surface area contributed by atoms with Gasteiger partial charge in [-0.25, -0.2) is 4.79 Å². The first kappa shape index (κ1) is 16.2. The van der Waals surface area contributed by atoms with Gasteiger partial charge >= 0.3 is 5.97 Å². The monoisotopic (exact) mass is 361 g/mol. The van der Waals surface area contributed by atoms with Crippen molar-refractivity contribution in [3.8, 4) is 0 Å². The Morgan fingerprint density at radius 1 is 0.889 bits per heavy atom. The van der Waals surface area contributed by atoms with Crippen LogP contribution in [0.25, 0.3) is 0 Å². The molecule has 1 saturated heterocycles. The van der Waals surface area contributed by atoms with E-state index < -0.39 is 5.97 Å². The molecule has 0 aromatic heterocycles. The number of hydrogen-bond donors (Lipinski definition) is 1. The van der Waals surface area contributed by atoms with Crippen LogP contribution in [0.4, 0.5) is 5.69 Å². The molecule has 2 aliphatic carbocycles. The van der Waals surface area contributed by atoms with E-state index in [1.54, 1.807) is 12.1 Å². The quantitative estimate of drug-likeness (QED) is 0.851. The maximum absolute atomic E-state index is 13.2. The maximum atomic E-state index is 13.2. The van der Waals surface area contributed by atoms with Crippen molar-refractivity contribution < 1.29 is 19.5 Å². The molecule has 136 valence electrons. The summed E-state index contributed by atoms with van der Waals surface area (Å²) < 4.78 is 0. The van der Waals surface area contributed by atoms with Crippen molar-refractivity contribution in [1.82, 2.24) is 0 Å². The first-order chi connectivity index (χ1) is 13.1. The number of carboxylic acids is 1. The first-order valence-electron chi connectivity index (χ1n) is 9.32. The summed E-state index contributed by atoms with van der Waals surface area (Å²) >= 11 is 0. The number of benzene rings is 2. The van der Waals surface area contributed by atoms with Crippen molar-refractivity contribution in [2.24, 2.45) is 23.7 Å². The third-order valence-corrected chi connectivity index (χ3v) is 6.62. The Balaban J connectivity index is 1.46. The van der Waals surface area contributed by atoms with Crippen molar-refractivity contribution in [1.29, 1.82) is 0 Å². The Morgan fingerprint density at radius 3 is 2.22 bits per heavy atom. The molecule has 2 amide bonds. The second-order valence-electron chi connectivity index (χ2n) is 7.83. The average molecular weight is 361 g/mol. The third kappa shape index (κ3) is 2.27. The number of fused-ring (bicyclic) bond motifs is 5. The lowest BCUT2D eigenvalue weighted by molar-refractivity contribution is -0.123. The van der Waals surface area contributed by atoms with Crippen molar-refractivity contribution in [3.63, 3.8) is 0 Å². The Morgan fingerprint density at radius 2 is 1.56 bits per heavy atom. The minimum atomic E-state index is -1.03. The van der Waals surface area contributed by atoms with Crippen LogP contribution in [0, 0.1) is 23.7 Å². The van der Waals surface area contributed by atoms with Crippen molar-refractivity contribution in [2.45, 2.75) is 18.8 Å². The molecule has 0 spiro atoms.